The summed E-state index contributed by atoms with van der Waals surface area (Å²) in [6.07, 6.45) is 1.40. The molecule has 0 amide bonds. The molecule has 0 fully saturated rings. The molecule has 0 unspecified atom stereocenters. The Morgan fingerprint density at radius 2 is 2.25 bits per heavy atom. The topological polar surface area (TPSA) is 74.8 Å². The van der Waals surface area contributed by atoms with Gasteiger partial charge in [0.1, 0.15) is 0 Å². The fraction of sp³-hybridized carbons (Fsp3) is 0.500. The van der Waals surface area contributed by atoms with E-state index in [9.17, 15) is 8.42 Å². The van der Waals surface area contributed by atoms with Crippen molar-refractivity contribution >= 4 is 10.0 Å². The highest BCUT2D eigenvalue weighted by Crippen LogP contribution is 2.02. The van der Waals surface area contributed by atoms with E-state index in [2.05, 4.69) is 14.9 Å². The summed E-state index contributed by atoms with van der Waals surface area (Å²) in [6, 6.07) is 1.29. The average Bonchev–Trinajstić information content (AvgIpc) is 2.32. The summed E-state index contributed by atoms with van der Waals surface area (Å²) in [5, 5.41) is 6.03. The molecule has 0 spiro atoms. The van der Waals surface area contributed by atoms with Crippen LogP contribution in [0.15, 0.2) is 17.3 Å². The molecule has 0 aliphatic rings. The zero-order chi connectivity index (χ0) is 9.19. The van der Waals surface area contributed by atoms with Gasteiger partial charge in [-0.25, -0.2) is 13.1 Å². The van der Waals surface area contributed by atoms with E-state index in [0.717, 1.165) is 0 Å². The summed E-state index contributed by atoms with van der Waals surface area (Å²) in [5.41, 5.74) is 0. The van der Waals surface area contributed by atoms with Crippen LogP contribution in [0, 0.1) is 0 Å². The molecule has 0 radical (unpaired) electrons. The molecule has 0 aliphatic carbocycles. The van der Waals surface area contributed by atoms with Crippen molar-refractivity contribution in [1.29, 1.82) is 0 Å². The Kier molecular flexibility index (Phi) is 2.49. The lowest BCUT2D eigenvalue weighted by molar-refractivity contribution is 0.565. The van der Waals surface area contributed by atoms with Crippen molar-refractivity contribution < 1.29 is 8.42 Å². The standard InChI is InChI=1S/C6H11N3O2S/c1-5(2)9-12(10,11)6-3-4-7-8-6/h3-5,9H,1-2H3,(H,7,8). The van der Waals surface area contributed by atoms with Gasteiger partial charge in [0.15, 0.2) is 5.03 Å². The Bertz CT molecular complexity index is 328. The van der Waals surface area contributed by atoms with Crippen molar-refractivity contribution in [3.8, 4) is 0 Å². The Morgan fingerprint density at radius 1 is 1.58 bits per heavy atom. The molecular formula is C6H11N3O2S. The first-order chi connectivity index (χ1) is 5.52. The predicted molar refractivity (Wildman–Crippen MR) is 44.0 cm³/mol. The van der Waals surface area contributed by atoms with E-state index < -0.39 is 10.0 Å². The molecule has 68 valence electrons. The highest BCUT2D eigenvalue weighted by molar-refractivity contribution is 7.89. The maximum atomic E-state index is 11.3. The van der Waals surface area contributed by atoms with Crippen LogP contribution in [0.5, 0.6) is 0 Å². The fourth-order valence-electron chi connectivity index (χ4n) is 0.767. The zero-order valence-electron chi connectivity index (χ0n) is 6.90. The number of rotatable bonds is 3. The molecule has 1 aromatic heterocycles. The van der Waals surface area contributed by atoms with E-state index in [0.29, 0.717) is 0 Å². The van der Waals surface area contributed by atoms with Gasteiger partial charge in [0.2, 0.25) is 0 Å². The van der Waals surface area contributed by atoms with Crippen LogP contribution in [0.3, 0.4) is 0 Å². The van der Waals surface area contributed by atoms with Crippen molar-refractivity contribution in [2.24, 2.45) is 0 Å². The molecule has 1 rings (SSSR count). The second-order valence-electron chi connectivity index (χ2n) is 2.70. The van der Waals surface area contributed by atoms with Crippen LogP contribution in [0.2, 0.25) is 0 Å². The van der Waals surface area contributed by atoms with Crippen LogP contribution in [0.4, 0.5) is 0 Å². The fourth-order valence-corrected chi connectivity index (χ4v) is 1.93. The third kappa shape index (κ3) is 2.05. The van der Waals surface area contributed by atoms with Gasteiger partial charge >= 0.3 is 0 Å². The smallest absolute Gasteiger partial charge is 0.257 e. The van der Waals surface area contributed by atoms with E-state index in [1.54, 1.807) is 13.8 Å². The Balaban J connectivity index is 2.88. The summed E-state index contributed by atoms with van der Waals surface area (Å²) >= 11 is 0. The molecule has 0 bridgehead atoms. The number of aromatic nitrogens is 2. The minimum absolute atomic E-state index is 0.0937. The SMILES string of the molecule is CC(C)NS(=O)(=O)c1ccn[nH]1. The van der Waals surface area contributed by atoms with E-state index in [1.165, 1.54) is 12.3 Å². The van der Waals surface area contributed by atoms with Crippen LogP contribution >= 0.6 is 0 Å². The van der Waals surface area contributed by atoms with Crippen LogP contribution in [0.25, 0.3) is 0 Å². The first-order valence-corrected chi connectivity index (χ1v) is 5.02. The monoisotopic (exact) mass is 189 g/mol. The minimum atomic E-state index is -3.38. The molecule has 12 heavy (non-hydrogen) atoms. The number of nitrogens with one attached hydrogen (secondary N) is 2. The Morgan fingerprint density at radius 3 is 2.67 bits per heavy atom. The second-order valence-corrected chi connectivity index (χ2v) is 4.38. The van der Waals surface area contributed by atoms with Crippen LogP contribution in [-0.2, 0) is 10.0 Å². The first kappa shape index (κ1) is 9.21. The zero-order valence-corrected chi connectivity index (χ0v) is 7.72. The number of sulfonamides is 1. The van der Waals surface area contributed by atoms with E-state index in [4.69, 9.17) is 0 Å². The lowest BCUT2D eigenvalue weighted by Gasteiger charge is -2.06. The normalized spacial score (nSPS) is 12.2. The van der Waals surface area contributed by atoms with Gasteiger partial charge in [-0.3, -0.25) is 5.10 Å². The maximum Gasteiger partial charge on any atom is 0.257 e. The van der Waals surface area contributed by atoms with Gasteiger partial charge in [-0.1, -0.05) is 0 Å². The number of H-pyrrole nitrogens is 1. The van der Waals surface area contributed by atoms with Gasteiger partial charge in [0.25, 0.3) is 10.0 Å². The number of aromatic amines is 1. The molecule has 0 saturated heterocycles. The summed E-state index contributed by atoms with van der Waals surface area (Å²) in [4.78, 5) is 0. The number of hydrogen-bond acceptors (Lipinski definition) is 3. The van der Waals surface area contributed by atoms with Crippen molar-refractivity contribution in [1.82, 2.24) is 14.9 Å². The molecule has 6 heteroatoms. The number of nitrogens with zero attached hydrogens (tertiary/aromatic N) is 1. The highest BCUT2D eigenvalue weighted by atomic mass is 32.2. The molecule has 1 heterocycles. The van der Waals surface area contributed by atoms with E-state index >= 15 is 0 Å². The third-order valence-corrected chi connectivity index (χ3v) is 2.74. The summed E-state index contributed by atoms with van der Waals surface area (Å²) in [7, 11) is -3.38. The predicted octanol–water partition coefficient (Wildman–Crippen LogP) is 0.0964. The molecule has 1 aromatic rings. The molecule has 5 nitrogen and oxygen atoms in total. The minimum Gasteiger partial charge on any atom is -0.266 e. The van der Waals surface area contributed by atoms with Crippen molar-refractivity contribution in [3.63, 3.8) is 0 Å². The van der Waals surface area contributed by atoms with Gasteiger partial charge in [-0.2, -0.15) is 5.10 Å². The van der Waals surface area contributed by atoms with Crippen molar-refractivity contribution in [2.45, 2.75) is 24.9 Å². The van der Waals surface area contributed by atoms with E-state index in [-0.39, 0.29) is 11.1 Å². The molecule has 0 aliphatic heterocycles. The summed E-state index contributed by atoms with van der Waals surface area (Å²) < 4.78 is 25.1. The molecule has 0 atom stereocenters. The van der Waals surface area contributed by atoms with E-state index in [1.807, 2.05) is 0 Å². The second kappa shape index (κ2) is 3.24. The lowest BCUT2D eigenvalue weighted by Crippen LogP contribution is -2.30. The first-order valence-electron chi connectivity index (χ1n) is 3.54. The third-order valence-electron chi connectivity index (χ3n) is 1.16. The highest BCUT2D eigenvalue weighted by Gasteiger charge is 2.15. The van der Waals surface area contributed by atoms with Crippen LogP contribution < -0.4 is 4.72 Å². The van der Waals surface area contributed by atoms with Crippen molar-refractivity contribution in [2.75, 3.05) is 0 Å². The Labute approximate surface area is 71.2 Å². The molecule has 0 saturated carbocycles. The lowest BCUT2D eigenvalue weighted by atomic mass is 10.4. The average molecular weight is 189 g/mol. The molecular weight excluding hydrogens is 178 g/mol. The maximum absolute atomic E-state index is 11.3. The van der Waals surface area contributed by atoms with Crippen LogP contribution in [0.1, 0.15) is 13.8 Å². The Hall–Kier alpha value is -0.880. The summed E-state index contributed by atoms with van der Waals surface area (Å²) in [6.45, 7) is 3.52. The van der Waals surface area contributed by atoms with Crippen LogP contribution in [-0.4, -0.2) is 24.7 Å². The van der Waals surface area contributed by atoms with Gasteiger partial charge in [0, 0.05) is 6.04 Å². The quantitative estimate of drug-likeness (QED) is 0.708. The van der Waals surface area contributed by atoms with Gasteiger partial charge in [0.05, 0.1) is 6.20 Å². The largest absolute Gasteiger partial charge is 0.266 e. The molecule has 2 N–H and O–H groups in total. The van der Waals surface area contributed by atoms with Gasteiger partial charge in [-0.05, 0) is 19.9 Å². The van der Waals surface area contributed by atoms with Gasteiger partial charge in [-0.15, -0.1) is 0 Å². The summed E-state index contributed by atoms with van der Waals surface area (Å²) in [5.74, 6) is 0. The molecule has 0 aromatic carbocycles. The number of hydrogen-bond donors (Lipinski definition) is 2. The van der Waals surface area contributed by atoms with Crippen molar-refractivity contribution in [3.05, 3.63) is 12.3 Å². The van der Waals surface area contributed by atoms with Gasteiger partial charge < -0.3 is 0 Å².